The molecule has 3 atom stereocenters. The molecule has 2 aliphatic carbocycles. The zero-order valence-electron chi connectivity index (χ0n) is 10.0. The third kappa shape index (κ3) is 2.58. The number of rotatable bonds is 4. The number of fused-ring (bicyclic) bond motifs is 1. The lowest BCUT2D eigenvalue weighted by atomic mass is 9.87. The summed E-state index contributed by atoms with van der Waals surface area (Å²) in [7, 11) is -0.589. The molecule has 0 bridgehead atoms. The topological polar surface area (TPSA) is 18.5 Å². The van der Waals surface area contributed by atoms with E-state index in [2.05, 4.69) is 13.8 Å². The quantitative estimate of drug-likeness (QED) is 0.529. The lowest BCUT2D eigenvalue weighted by Gasteiger charge is -2.18. The maximum absolute atomic E-state index is 4.99. The van der Waals surface area contributed by atoms with Crippen LogP contribution >= 0.6 is 0 Å². The molecular formula is C11H24O2Si. The molecule has 84 valence electrons. The average molecular weight is 216 g/mol. The van der Waals surface area contributed by atoms with Gasteiger partial charge in [0.15, 0.2) is 0 Å². The number of hydrogen-bond acceptors (Lipinski definition) is 2. The van der Waals surface area contributed by atoms with Crippen molar-refractivity contribution in [3.05, 3.63) is 0 Å². The molecule has 0 N–H and O–H groups in total. The van der Waals surface area contributed by atoms with E-state index in [9.17, 15) is 0 Å². The van der Waals surface area contributed by atoms with Gasteiger partial charge in [0.25, 0.3) is 0 Å². The summed E-state index contributed by atoms with van der Waals surface area (Å²) in [6.07, 6.45) is 3.04. The van der Waals surface area contributed by atoms with E-state index in [1.807, 2.05) is 13.8 Å². The summed E-state index contributed by atoms with van der Waals surface area (Å²) in [5.74, 6) is 2.22. The molecule has 0 radical (unpaired) electrons. The monoisotopic (exact) mass is 216 g/mol. The van der Waals surface area contributed by atoms with Crippen LogP contribution in [0.25, 0.3) is 0 Å². The Kier molecular flexibility index (Phi) is 4.61. The van der Waals surface area contributed by atoms with Crippen LogP contribution in [0.1, 0.15) is 40.5 Å². The molecule has 0 amide bonds. The molecule has 0 aromatic heterocycles. The standard InChI is InChI=1S/C7H12.C4H12O2Si/c1-5-6-3-4-7(5,6)2;1-3-5-7-6-4-2/h5-6H,3-4H2,1-2H3;3-4,7H2,1-2H3. The van der Waals surface area contributed by atoms with Crippen molar-refractivity contribution in [1.82, 2.24) is 0 Å². The Bertz CT molecular complexity index is 165. The van der Waals surface area contributed by atoms with Crippen molar-refractivity contribution in [2.24, 2.45) is 17.3 Å². The predicted molar refractivity (Wildman–Crippen MR) is 61.8 cm³/mol. The van der Waals surface area contributed by atoms with E-state index in [1.54, 1.807) is 0 Å². The molecule has 2 fully saturated rings. The second kappa shape index (κ2) is 5.28. The molecule has 2 aliphatic rings. The van der Waals surface area contributed by atoms with E-state index < -0.39 is 10.0 Å². The summed E-state index contributed by atoms with van der Waals surface area (Å²) in [5, 5.41) is 0. The van der Waals surface area contributed by atoms with Crippen LogP contribution in [-0.2, 0) is 8.85 Å². The molecule has 0 saturated heterocycles. The third-order valence-corrected chi connectivity index (χ3v) is 5.10. The smallest absolute Gasteiger partial charge is 0.304 e. The lowest BCUT2D eigenvalue weighted by molar-refractivity contribution is 0.240. The van der Waals surface area contributed by atoms with Crippen LogP contribution in [0, 0.1) is 17.3 Å². The van der Waals surface area contributed by atoms with E-state index in [4.69, 9.17) is 8.85 Å². The minimum Gasteiger partial charge on any atom is -0.399 e. The van der Waals surface area contributed by atoms with Crippen molar-refractivity contribution in [3.8, 4) is 0 Å². The summed E-state index contributed by atoms with van der Waals surface area (Å²) in [4.78, 5) is 0. The Hall–Kier alpha value is 0.137. The Balaban J connectivity index is 0.000000140. The Morgan fingerprint density at radius 1 is 1.29 bits per heavy atom. The highest BCUT2D eigenvalue weighted by Gasteiger charge is 2.64. The molecule has 0 aliphatic heterocycles. The summed E-state index contributed by atoms with van der Waals surface area (Å²) < 4.78 is 9.98. The van der Waals surface area contributed by atoms with E-state index in [0.29, 0.717) is 0 Å². The van der Waals surface area contributed by atoms with Crippen molar-refractivity contribution >= 4 is 10.0 Å². The Morgan fingerprint density at radius 2 is 1.79 bits per heavy atom. The first-order valence-electron chi connectivity index (χ1n) is 5.82. The van der Waals surface area contributed by atoms with Crippen molar-refractivity contribution in [2.75, 3.05) is 13.2 Å². The van der Waals surface area contributed by atoms with Crippen LogP contribution in [0.5, 0.6) is 0 Å². The van der Waals surface area contributed by atoms with Gasteiger partial charge >= 0.3 is 10.0 Å². The van der Waals surface area contributed by atoms with Gasteiger partial charge in [-0.2, -0.15) is 0 Å². The average Bonchev–Trinajstić information content (AvgIpc) is 2.51. The van der Waals surface area contributed by atoms with Crippen LogP contribution in [-0.4, -0.2) is 23.2 Å². The van der Waals surface area contributed by atoms with Gasteiger partial charge in [-0.1, -0.05) is 13.8 Å². The van der Waals surface area contributed by atoms with Gasteiger partial charge in [-0.25, -0.2) is 0 Å². The van der Waals surface area contributed by atoms with Crippen LogP contribution in [0.3, 0.4) is 0 Å². The van der Waals surface area contributed by atoms with Gasteiger partial charge < -0.3 is 8.85 Å². The first kappa shape index (κ1) is 12.2. The fraction of sp³-hybridized carbons (Fsp3) is 1.00. The second-order valence-corrected chi connectivity index (χ2v) is 5.60. The molecule has 0 aromatic rings. The highest BCUT2D eigenvalue weighted by Crippen LogP contribution is 2.71. The molecular weight excluding hydrogens is 192 g/mol. The first-order valence-corrected chi connectivity index (χ1v) is 6.97. The van der Waals surface area contributed by atoms with Crippen LogP contribution in [0.15, 0.2) is 0 Å². The summed E-state index contributed by atoms with van der Waals surface area (Å²) in [6, 6.07) is 0. The Labute approximate surface area is 90.4 Å². The third-order valence-electron chi connectivity index (χ3n) is 3.95. The first-order chi connectivity index (χ1) is 6.66. The molecule has 0 spiro atoms. The van der Waals surface area contributed by atoms with Gasteiger partial charge in [0.1, 0.15) is 0 Å². The van der Waals surface area contributed by atoms with Crippen molar-refractivity contribution < 1.29 is 8.85 Å². The minimum absolute atomic E-state index is 0.589. The highest BCUT2D eigenvalue weighted by atomic mass is 28.3. The molecule has 14 heavy (non-hydrogen) atoms. The van der Waals surface area contributed by atoms with Gasteiger partial charge in [-0.05, 0) is 43.9 Å². The van der Waals surface area contributed by atoms with Gasteiger partial charge in [0.05, 0.1) is 0 Å². The van der Waals surface area contributed by atoms with Gasteiger partial charge in [0.2, 0.25) is 0 Å². The molecule has 2 nitrogen and oxygen atoms in total. The SMILES string of the molecule is CC1C2CCC12C.CCO[SiH2]OCC. The lowest BCUT2D eigenvalue weighted by Crippen LogP contribution is -2.08. The number of hydrogen-bond donors (Lipinski definition) is 0. The fourth-order valence-corrected chi connectivity index (χ4v) is 2.83. The summed E-state index contributed by atoms with van der Waals surface area (Å²) in [5.41, 5.74) is 0.847. The highest BCUT2D eigenvalue weighted by molar-refractivity contribution is 6.17. The molecule has 3 unspecified atom stereocenters. The van der Waals surface area contributed by atoms with E-state index in [-0.39, 0.29) is 0 Å². The van der Waals surface area contributed by atoms with E-state index in [1.165, 1.54) is 12.8 Å². The van der Waals surface area contributed by atoms with Crippen molar-refractivity contribution in [3.63, 3.8) is 0 Å². The molecule has 3 heteroatoms. The van der Waals surface area contributed by atoms with Gasteiger partial charge in [-0.3, -0.25) is 0 Å². The van der Waals surface area contributed by atoms with Gasteiger partial charge in [0, 0.05) is 13.2 Å². The van der Waals surface area contributed by atoms with Crippen molar-refractivity contribution in [1.29, 1.82) is 0 Å². The maximum atomic E-state index is 4.99. The Morgan fingerprint density at radius 3 is 1.93 bits per heavy atom. The minimum atomic E-state index is -0.589. The zero-order valence-corrected chi connectivity index (χ0v) is 11.4. The summed E-state index contributed by atoms with van der Waals surface area (Å²) >= 11 is 0. The van der Waals surface area contributed by atoms with Crippen LogP contribution in [0.4, 0.5) is 0 Å². The van der Waals surface area contributed by atoms with Crippen LogP contribution < -0.4 is 0 Å². The van der Waals surface area contributed by atoms with E-state index >= 15 is 0 Å². The maximum Gasteiger partial charge on any atom is 0.304 e. The van der Waals surface area contributed by atoms with Gasteiger partial charge in [-0.15, -0.1) is 0 Å². The largest absolute Gasteiger partial charge is 0.399 e. The summed E-state index contributed by atoms with van der Waals surface area (Å²) in [6.45, 7) is 10.4. The molecule has 0 heterocycles. The van der Waals surface area contributed by atoms with E-state index in [0.717, 1.165) is 30.5 Å². The predicted octanol–water partition coefficient (Wildman–Crippen LogP) is 2.11. The molecule has 2 rings (SSSR count). The zero-order chi connectivity index (χ0) is 10.6. The van der Waals surface area contributed by atoms with Crippen LogP contribution in [0.2, 0.25) is 0 Å². The molecule has 0 aromatic carbocycles. The van der Waals surface area contributed by atoms with Crippen molar-refractivity contribution in [2.45, 2.75) is 40.5 Å². The second-order valence-electron chi connectivity index (χ2n) is 4.54. The normalized spacial score (nSPS) is 37.7. The fourth-order valence-electron chi connectivity index (χ4n) is 2.38. The molecule has 2 saturated carbocycles.